The first-order valence-corrected chi connectivity index (χ1v) is 8.12. The quantitative estimate of drug-likeness (QED) is 0.440. The highest BCUT2D eigenvalue weighted by molar-refractivity contribution is 7.99. The standard InChI is InChI=1S/C15H25N3OS/c1-12(2)10-17-15(18-11-13(3)20-4)16-8-7-14-6-5-9-19-14/h5-6,9,13H,1,7-8,10-11H2,2-4H3,(H2,16,17,18). The number of nitrogens with one attached hydrogen (secondary N) is 2. The van der Waals surface area contributed by atoms with Crippen LogP contribution >= 0.6 is 11.8 Å². The van der Waals surface area contributed by atoms with Crippen LogP contribution in [0.2, 0.25) is 0 Å². The van der Waals surface area contributed by atoms with E-state index in [1.54, 1.807) is 6.26 Å². The number of guanidine groups is 1. The lowest BCUT2D eigenvalue weighted by Gasteiger charge is -2.13. The van der Waals surface area contributed by atoms with Crippen molar-refractivity contribution >= 4 is 17.7 Å². The number of rotatable bonds is 8. The van der Waals surface area contributed by atoms with Gasteiger partial charge in [0.25, 0.3) is 0 Å². The fourth-order valence-corrected chi connectivity index (χ4v) is 1.69. The van der Waals surface area contributed by atoms with Gasteiger partial charge in [0.15, 0.2) is 5.96 Å². The molecular weight excluding hydrogens is 270 g/mol. The highest BCUT2D eigenvalue weighted by atomic mass is 32.2. The van der Waals surface area contributed by atoms with Crippen molar-refractivity contribution in [2.45, 2.75) is 25.5 Å². The minimum atomic E-state index is 0.517. The molecule has 20 heavy (non-hydrogen) atoms. The Morgan fingerprint density at radius 2 is 2.30 bits per heavy atom. The summed E-state index contributed by atoms with van der Waals surface area (Å²) in [5.74, 6) is 1.81. The van der Waals surface area contributed by atoms with Crippen molar-refractivity contribution in [3.63, 3.8) is 0 Å². The van der Waals surface area contributed by atoms with Gasteiger partial charge in [-0.2, -0.15) is 11.8 Å². The summed E-state index contributed by atoms with van der Waals surface area (Å²) in [4.78, 5) is 4.59. The summed E-state index contributed by atoms with van der Waals surface area (Å²) >= 11 is 1.82. The third kappa shape index (κ3) is 7.28. The fraction of sp³-hybridized carbons (Fsp3) is 0.533. The second-order valence-corrected chi connectivity index (χ2v) is 6.08. The van der Waals surface area contributed by atoms with Gasteiger partial charge in [-0.25, -0.2) is 0 Å². The summed E-state index contributed by atoms with van der Waals surface area (Å²) in [6.45, 7) is 10.4. The lowest BCUT2D eigenvalue weighted by atomic mass is 10.3. The number of thioether (sulfide) groups is 1. The van der Waals surface area contributed by atoms with E-state index in [0.717, 1.165) is 43.3 Å². The molecule has 1 unspecified atom stereocenters. The third-order valence-electron chi connectivity index (χ3n) is 2.71. The van der Waals surface area contributed by atoms with Crippen LogP contribution in [-0.4, -0.2) is 37.1 Å². The van der Waals surface area contributed by atoms with E-state index in [2.05, 4.69) is 35.4 Å². The topological polar surface area (TPSA) is 49.6 Å². The van der Waals surface area contributed by atoms with Gasteiger partial charge in [-0.3, -0.25) is 4.99 Å². The zero-order chi connectivity index (χ0) is 14.8. The van der Waals surface area contributed by atoms with E-state index in [9.17, 15) is 0 Å². The summed E-state index contributed by atoms with van der Waals surface area (Å²) in [7, 11) is 0. The molecule has 2 N–H and O–H groups in total. The fourth-order valence-electron chi connectivity index (χ4n) is 1.46. The molecule has 0 saturated heterocycles. The number of furan rings is 1. The Morgan fingerprint density at radius 3 is 2.90 bits per heavy atom. The second-order valence-electron chi connectivity index (χ2n) is 4.80. The molecule has 1 aromatic heterocycles. The second kappa shape index (κ2) is 9.53. The van der Waals surface area contributed by atoms with Crippen molar-refractivity contribution < 1.29 is 4.42 Å². The zero-order valence-electron chi connectivity index (χ0n) is 12.6. The van der Waals surface area contributed by atoms with E-state index < -0.39 is 0 Å². The average molecular weight is 295 g/mol. The Labute approximate surface area is 126 Å². The molecule has 4 nitrogen and oxygen atoms in total. The predicted molar refractivity (Wildman–Crippen MR) is 88.5 cm³/mol. The minimum Gasteiger partial charge on any atom is -0.469 e. The largest absolute Gasteiger partial charge is 0.469 e. The van der Waals surface area contributed by atoms with Crippen LogP contribution in [0, 0.1) is 0 Å². The number of hydrogen-bond acceptors (Lipinski definition) is 3. The molecule has 1 rings (SSSR count). The molecule has 0 bridgehead atoms. The molecule has 0 spiro atoms. The number of aliphatic imine (C=N–C) groups is 1. The van der Waals surface area contributed by atoms with Crippen molar-refractivity contribution in [3.8, 4) is 0 Å². The Kier molecular flexibility index (Phi) is 7.95. The van der Waals surface area contributed by atoms with Gasteiger partial charge in [-0.05, 0) is 25.3 Å². The van der Waals surface area contributed by atoms with E-state index in [1.165, 1.54) is 0 Å². The third-order valence-corrected chi connectivity index (χ3v) is 3.66. The molecule has 0 amide bonds. The van der Waals surface area contributed by atoms with Crippen LogP contribution in [0.4, 0.5) is 0 Å². The molecule has 1 aromatic rings. The average Bonchev–Trinajstić information content (AvgIpc) is 2.93. The van der Waals surface area contributed by atoms with Crippen LogP contribution in [0.15, 0.2) is 40.0 Å². The van der Waals surface area contributed by atoms with Crippen LogP contribution in [-0.2, 0) is 6.42 Å². The maximum absolute atomic E-state index is 5.31. The Morgan fingerprint density at radius 1 is 1.50 bits per heavy atom. The summed E-state index contributed by atoms with van der Waals surface area (Å²) in [5.41, 5.74) is 1.09. The highest BCUT2D eigenvalue weighted by Crippen LogP contribution is 2.04. The number of nitrogens with zero attached hydrogens (tertiary/aromatic N) is 1. The Balaban J connectivity index is 2.41. The van der Waals surface area contributed by atoms with Crippen molar-refractivity contribution in [2.75, 3.05) is 25.9 Å². The van der Waals surface area contributed by atoms with Crippen molar-refractivity contribution in [2.24, 2.45) is 4.99 Å². The lowest BCUT2D eigenvalue weighted by molar-refractivity contribution is 0.507. The zero-order valence-corrected chi connectivity index (χ0v) is 13.4. The molecule has 0 aliphatic heterocycles. The smallest absolute Gasteiger partial charge is 0.191 e. The van der Waals surface area contributed by atoms with Crippen LogP contribution < -0.4 is 10.6 Å². The van der Waals surface area contributed by atoms with Crippen LogP contribution in [0.1, 0.15) is 19.6 Å². The first-order chi connectivity index (χ1) is 9.61. The molecule has 1 heterocycles. The van der Waals surface area contributed by atoms with E-state index in [1.807, 2.05) is 30.8 Å². The van der Waals surface area contributed by atoms with Crippen LogP contribution in [0.25, 0.3) is 0 Å². The van der Waals surface area contributed by atoms with E-state index >= 15 is 0 Å². The van der Waals surface area contributed by atoms with Gasteiger partial charge < -0.3 is 15.1 Å². The molecule has 0 fully saturated rings. The van der Waals surface area contributed by atoms with Gasteiger partial charge >= 0.3 is 0 Å². The molecule has 0 saturated carbocycles. The molecular formula is C15H25N3OS. The van der Waals surface area contributed by atoms with Gasteiger partial charge in [0.2, 0.25) is 0 Å². The van der Waals surface area contributed by atoms with Gasteiger partial charge in [0.1, 0.15) is 5.76 Å². The van der Waals surface area contributed by atoms with Gasteiger partial charge in [0.05, 0.1) is 12.8 Å². The summed E-state index contributed by atoms with van der Waals surface area (Å²) < 4.78 is 5.31. The summed E-state index contributed by atoms with van der Waals surface area (Å²) in [6.07, 6.45) is 4.65. The van der Waals surface area contributed by atoms with E-state index in [-0.39, 0.29) is 0 Å². The van der Waals surface area contributed by atoms with E-state index in [4.69, 9.17) is 4.42 Å². The molecule has 5 heteroatoms. The summed E-state index contributed by atoms with van der Waals surface area (Å²) in [6, 6.07) is 3.89. The van der Waals surface area contributed by atoms with E-state index in [0.29, 0.717) is 5.25 Å². The highest BCUT2D eigenvalue weighted by Gasteiger charge is 2.02. The van der Waals surface area contributed by atoms with Crippen LogP contribution in [0.3, 0.4) is 0 Å². The molecule has 1 atom stereocenters. The van der Waals surface area contributed by atoms with Gasteiger partial charge in [-0.1, -0.05) is 19.1 Å². The maximum Gasteiger partial charge on any atom is 0.191 e. The molecule has 0 aliphatic carbocycles. The normalized spacial score (nSPS) is 13.1. The molecule has 112 valence electrons. The van der Waals surface area contributed by atoms with Gasteiger partial charge in [-0.15, -0.1) is 0 Å². The maximum atomic E-state index is 5.31. The van der Waals surface area contributed by atoms with Crippen molar-refractivity contribution in [1.29, 1.82) is 0 Å². The molecule has 0 aromatic carbocycles. The van der Waals surface area contributed by atoms with Crippen molar-refractivity contribution in [3.05, 3.63) is 36.3 Å². The molecule has 0 radical (unpaired) electrons. The van der Waals surface area contributed by atoms with Crippen molar-refractivity contribution in [1.82, 2.24) is 10.6 Å². The Hall–Kier alpha value is -1.36. The van der Waals surface area contributed by atoms with Crippen LogP contribution in [0.5, 0.6) is 0 Å². The Bertz CT molecular complexity index is 415. The SMILES string of the molecule is C=C(C)CNC(=NCC(C)SC)NCCc1ccco1. The molecule has 0 aliphatic rings. The van der Waals surface area contributed by atoms with Gasteiger partial charge in [0, 0.05) is 24.8 Å². The summed E-state index contributed by atoms with van der Waals surface area (Å²) in [5, 5.41) is 7.12. The first kappa shape index (κ1) is 16.7. The minimum absolute atomic E-state index is 0.517. The first-order valence-electron chi connectivity index (χ1n) is 6.83. The lowest BCUT2D eigenvalue weighted by Crippen LogP contribution is -2.39. The number of hydrogen-bond donors (Lipinski definition) is 2. The predicted octanol–water partition coefficient (Wildman–Crippen LogP) is 2.68. The monoisotopic (exact) mass is 295 g/mol.